The number of amides is 1. The molecule has 0 bridgehead atoms. The van der Waals surface area contributed by atoms with E-state index in [9.17, 15) is 10.0 Å². The van der Waals surface area contributed by atoms with Gasteiger partial charge >= 0.3 is 0 Å². The van der Waals surface area contributed by atoms with Crippen molar-refractivity contribution in [3.8, 4) is 17.5 Å². The number of carbonyl (C=O) groups excluding carboxylic acids is 1. The number of para-hydroxylation sites is 1. The maximum Gasteiger partial charge on any atom is 0.259 e. The Balaban J connectivity index is 1.51. The molecule has 0 aliphatic carbocycles. The van der Waals surface area contributed by atoms with Gasteiger partial charge in [0.1, 0.15) is 5.56 Å². The number of aromatic nitrogens is 4. The zero-order valence-corrected chi connectivity index (χ0v) is 22.1. The van der Waals surface area contributed by atoms with Gasteiger partial charge in [-0.25, -0.2) is 9.50 Å². The van der Waals surface area contributed by atoms with Crippen LogP contribution in [0.5, 0.6) is 0 Å². The van der Waals surface area contributed by atoms with Crippen LogP contribution < -0.4 is 16.5 Å². The van der Waals surface area contributed by atoms with Crippen LogP contribution >= 0.6 is 0 Å². The SMILES string of the molecule is CC(NC(=O)c1c(N)nn2cccnc12)c1cc2cccc(C#Cc3ccccc3)c2c(=NO)n1-c1ccccc1. The zero-order valence-electron chi connectivity index (χ0n) is 22.1. The molecule has 1 amide bonds. The van der Waals surface area contributed by atoms with Crippen LogP contribution in [-0.2, 0) is 0 Å². The molecule has 0 aliphatic heterocycles. The van der Waals surface area contributed by atoms with Crippen molar-refractivity contribution in [1.82, 2.24) is 24.5 Å². The van der Waals surface area contributed by atoms with E-state index in [1.165, 1.54) is 4.52 Å². The molecule has 0 spiro atoms. The molecule has 0 fully saturated rings. The van der Waals surface area contributed by atoms with Gasteiger partial charge < -0.3 is 16.3 Å². The minimum Gasteiger partial charge on any atom is -0.409 e. The molecule has 3 aromatic carbocycles. The van der Waals surface area contributed by atoms with Crippen molar-refractivity contribution in [2.75, 3.05) is 5.73 Å². The maximum absolute atomic E-state index is 13.5. The standard InChI is InChI=1S/C32H25N7O2/c1-21(35-32(40)28-29(33)36-38-19-9-18-34-30(28)38)26-20-24-13-8-12-23(17-16-22-10-4-2-5-11-22)27(24)31(37-41)39(26)25-14-6-3-7-15-25/h2-15,18-21,41H,1H3,(H2,33,36)(H,35,40). The largest absolute Gasteiger partial charge is 0.409 e. The minimum absolute atomic E-state index is 0.0792. The maximum atomic E-state index is 13.5. The van der Waals surface area contributed by atoms with E-state index in [1.54, 1.807) is 18.5 Å². The second-order valence-corrected chi connectivity index (χ2v) is 9.39. The Morgan fingerprint density at radius 1 is 1.00 bits per heavy atom. The number of hydrogen-bond acceptors (Lipinski definition) is 6. The van der Waals surface area contributed by atoms with Crippen molar-refractivity contribution in [2.45, 2.75) is 13.0 Å². The van der Waals surface area contributed by atoms with Gasteiger partial charge in [0.25, 0.3) is 5.91 Å². The second-order valence-electron chi connectivity index (χ2n) is 9.39. The molecule has 200 valence electrons. The molecule has 1 unspecified atom stereocenters. The van der Waals surface area contributed by atoms with Gasteiger partial charge in [-0.3, -0.25) is 9.36 Å². The summed E-state index contributed by atoms with van der Waals surface area (Å²) in [5.41, 5.74) is 9.95. The number of nitrogen functional groups attached to an aromatic ring is 1. The summed E-state index contributed by atoms with van der Waals surface area (Å²) in [4.78, 5) is 17.8. The Morgan fingerprint density at radius 2 is 1.76 bits per heavy atom. The highest BCUT2D eigenvalue weighted by Gasteiger charge is 2.23. The average molecular weight is 540 g/mol. The van der Waals surface area contributed by atoms with Crippen LogP contribution in [0.4, 0.5) is 5.82 Å². The molecule has 41 heavy (non-hydrogen) atoms. The summed E-state index contributed by atoms with van der Waals surface area (Å²) < 4.78 is 3.29. The van der Waals surface area contributed by atoms with Crippen molar-refractivity contribution in [2.24, 2.45) is 5.16 Å². The Hall–Kier alpha value is -5.88. The first kappa shape index (κ1) is 25.4. The van der Waals surface area contributed by atoms with E-state index in [1.807, 2.05) is 96.4 Å². The minimum atomic E-state index is -0.537. The molecule has 0 saturated heterocycles. The van der Waals surface area contributed by atoms with Crippen LogP contribution in [0.15, 0.2) is 109 Å². The molecule has 6 rings (SSSR count). The lowest BCUT2D eigenvalue weighted by atomic mass is 10.0. The smallest absolute Gasteiger partial charge is 0.259 e. The Labute approximate surface area is 235 Å². The third kappa shape index (κ3) is 4.75. The molecule has 9 heteroatoms. The molecule has 3 aromatic heterocycles. The van der Waals surface area contributed by atoms with Gasteiger partial charge in [-0.05, 0) is 54.8 Å². The van der Waals surface area contributed by atoms with Crippen molar-refractivity contribution in [1.29, 1.82) is 0 Å². The fourth-order valence-corrected chi connectivity index (χ4v) is 4.89. The van der Waals surface area contributed by atoms with Gasteiger partial charge in [0.2, 0.25) is 0 Å². The topological polar surface area (TPSA) is 123 Å². The number of rotatable bonds is 4. The normalized spacial score (nSPS) is 12.2. The number of pyridine rings is 1. The summed E-state index contributed by atoms with van der Waals surface area (Å²) in [7, 11) is 0. The number of nitrogens with one attached hydrogen (secondary N) is 1. The average Bonchev–Trinajstić information content (AvgIpc) is 3.35. The third-order valence-corrected chi connectivity index (χ3v) is 6.76. The molecule has 0 radical (unpaired) electrons. The van der Waals surface area contributed by atoms with Crippen LogP contribution in [0, 0.1) is 11.8 Å². The van der Waals surface area contributed by atoms with E-state index in [-0.39, 0.29) is 11.4 Å². The van der Waals surface area contributed by atoms with Gasteiger partial charge in [0, 0.05) is 40.3 Å². The van der Waals surface area contributed by atoms with Crippen LogP contribution in [0.2, 0.25) is 0 Å². The summed E-state index contributed by atoms with van der Waals surface area (Å²) >= 11 is 0. The van der Waals surface area contributed by atoms with Crippen LogP contribution in [-0.4, -0.2) is 30.3 Å². The number of nitrogens with zero attached hydrogens (tertiary/aromatic N) is 5. The third-order valence-electron chi connectivity index (χ3n) is 6.76. The Bertz CT molecular complexity index is 2040. The monoisotopic (exact) mass is 539 g/mol. The van der Waals surface area contributed by atoms with E-state index < -0.39 is 11.9 Å². The number of nitrogens with two attached hydrogens (primary N) is 1. The van der Waals surface area contributed by atoms with Crippen LogP contribution in [0.3, 0.4) is 0 Å². The highest BCUT2D eigenvalue weighted by atomic mass is 16.4. The molecule has 1 atom stereocenters. The van der Waals surface area contributed by atoms with Gasteiger partial charge in [-0.15, -0.1) is 5.10 Å². The van der Waals surface area contributed by atoms with Crippen molar-refractivity contribution >= 4 is 28.1 Å². The van der Waals surface area contributed by atoms with E-state index >= 15 is 0 Å². The molecular weight excluding hydrogens is 514 g/mol. The van der Waals surface area contributed by atoms with Gasteiger partial charge in [-0.2, -0.15) is 0 Å². The molecular formula is C32H25N7O2. The number of anilines is 1. The summed E-state index contributed by atoms with van der Waals surface area (Å²) in [5, 5.41) is 22.9. The second kappa shape index (κ2) is 10.7. The quantitative estimate of drug-likeness (QED) is 0.174. The van der Waals surface area contributed by atoms with Crippen molar-refractivity contribution in [3.63, 3.8) is 0 Å². The number of fused-ring (bicyclic) bond motifs is 2. The number of carbonyl (C=O) groups is 1. The summed E-state index contributed by atoms with van der Waals surface area (Å²) in [6, 6.07) is 28.1. The lowest BCUT2D eigenvalue weighted by Crippen LogP contribution is -2.33. The predicted octanol–water partition coefficient (Wildman–Crippen LogP) is 4.44. The number of benzene rings is 3. The molecule has 3 heterocycles. The van der Waals surface area contributed by atoms with E-state index in [0.29, 0.717) is 27.8 Å². The van der Waals surface area contributed by atoms with E-state index in [0.717, 1.165) is 16.6 Å². The highest BCUT2D eigenvalue weighted by Crippen LogP contribution is 2.24. The van der Waals surface area contributed by atoms with E-state index in [2.05, 4.69) is 32.4 Å². The lowest BCUT2D eigenvalue weighted by molar-refractivity contribution is 0.0941. The molecule has 4 N–H and O–H groups in total. The molecule has 9 nitrogen and oxygen atoms in total. The first-order valence-corrected chi connectivity index (χ1v) is 12.9. The molecule has 0 saturated carbocycles. The fraction of sp³-hybridized carbons (Fsp3) is 0.0625. The Kier molecular flexibility index (Phi) is 6.63. The van der Waals surface area contributed by atoms with Crippen molar-refractivity contribution < 1.29 is 10.0 Å². The first-order chi connectivity index (χ1) is 20.0. The van der Waals surface area contributed by atoms with Crippen molar-refractivity contribution in [3.05, 3.63) is 131 Å². The zero-order chi connectivity index (χ0) is 28.3. The van der Waals surface area contributed by atoms with Gasteiger partial charge in [0.05, 0.1) is 6.04 Å². The summed E-state index contributed by atoms with van der Waals surface area (Å²) in [5.74, 6) is 6.10. The molecule has 6 aromatic rings. The van der Waals surface area contributed by atoms with Crippen LogP contribution in [0.25, 0.3) is 22.1 Å². The fourth-order valence-electron chi connectivity index (χ4n) is 4.89. The summed E-state index contributed by atoms with van der Waals surface area (Å²) in [6.45, 7) is 1.86. The lowest BCUT2D eigenvalue weighted by Gasteiger charge is -2.22. The Morgan fingerprint density at radius 3 is 2.51 bits per heavy atom. The predicted molar refractivity (Wildman–Crippen MR) is 156 cm³/mol. The van der Waals surface area contributed by atoms with Gasteiger partial charge in [-0.1, -0.05) is 65.5 Å². The highest BCUT2D eigenvalue weighted by molar-refractivity contribution is 6.04. The first-order valence-electron chi connectivity index (χ1n) is 12.9. The van der Waals surface area contributed by atoms with E-state index in [4.69, 9.17) is 5.73 Å². The number of hydrogen-bond donors (Lipinski definition) is 3. The van der Waals surface area contributed by atoms with Crippen LogP contribution in [0.1, 0.15) is 40.1 Å². The molecule has 0 aliphatic rings. The van der Waals surface area contributed by atoms with Gasteiger partial charge in [0.15, 0.2) is 17.0 Å². The summed E-state index contributed by atoms with van der Waals surface area (Å²) in [6.07, 6.45) is 3.26.